The van der Waals surface area contributed by atoms with Crippen LogP contribution in [0.3, 0.4) is 0 Å². The molecule has 1 aromatic heterocycles. The van der Waals surface area contributed by atoms with E-state index in [1.165, 1.54) is 4.90 Å². The van der Waals surface area contributed by atoms with E-state index < -0.39 is 0 Å². The van der Waals surface area contributed by atoms with Gasteiger partial charge in [0.15, 0.2) is 5.69 Å². The van der Waals surface area contributed by atoms with Crippen molar-refractivity contribution < 1.29 is 9.59 Å². The fraction of sp³-hybridized carbons (Fsp3) is 0. The highest BCUT2D eigenvalue weighted by Gasteiger charge is 2.39. The summed E-state index contributed by atoms with van der Waals surface area (Å²) in [5, 5.41) is 11.5. The lowest BCUT2D eigenvalue weighted by molar-refractivity contribution is 0.0926. The molecule has 0 radical (unpaired) electrons. The quantitative estimate of drug-likeness (QED) is 0.136. The third kappa shape index (κ3) is 4.87. The molecule has 6 heteroatoms. The molecule has 242 valence electrons. The fourth-order valence-corrected chi connectivity index (χ4v) is 7.34. The molecule has 0 spiro atoms. The number of nitriles is 1. The molecular weight excluding hydrogens is 641 g/mol. The van der Waals surface area contributed by atoms with Crippen molar-refractivity contribution >= 4 is 45.0 Å². The minimum atomic E-state index is -0.387. The molecule has 6 nitrogen and oxygen atoms in total. The zero-order valence-electron chi connectivity index (χ0n) is 27.6. The normalized spacial score (nSPS) is 12.2. The van der Waals surface area contributed by atoms with Crippen molar-refractivity contribution in [2.24, 2.45) is 0 Å². The molecule has 0 saturated carbocycles. The molecule has 52 heavy (non-hydrogen) atoms. The van der Waals surface area contributed by atoms with Gasteiger partial charge in [-0.25, -0.2) is 9.74 Å². The van der Waals surface area contributed by atoms with Gasteiger partial charge in [-0.15, -0.1) is 0 Å². The monoisotopic (exact) mass is 666 g/mol. The van der Waals surface area contributed by atoms with Crippen molar-refractivity contribution in [1.82, 2.24) is 4.57 Å². The van der Waals surface area contributed by atoms with E-state index in [2.05, 4.69) is 23.0 Å². The Bertz CT molecular complexity index is 2770. The molecule has 0 fully saturated rings. The van der Waals surface area contributed by atoms with Gasteiger partial charge in [-0.05, 0) is 100 Å². The first-order chi connectivity index (χ1) is 25.5. The standard InChI is InChI=1S/C46H26N4O2/c1-48-36-22-29(28-47)21-33(24-36)32-19-20-42-40(27-32)38-15-8-9-17-41(38)50(42)43-18-10-16-39-44(43)46(52)49(45(39)51)37-25-34(30-11-4-2-5-12-30)23-35(26-37)31-13-6-3-7-14-31/h2-27H. The summed E-state index contributed by atoms with van der Waals surface area (Å²) < 4.78 is 2.05. The van der Waals surface area contributed by atoms with Crippen LogP contribution < -0.4 is 4.90 Å². The van der Waals surface area contributed by atoms with Gasteiger partial charge in [0.05, 0.1) is 46.2 Å². The predicted octanol–water partition coefficient (Wildman–Crippen LogP) is 11.0. The Hall–Kier alpha value is -7.54. The third-order valence-corrected chi connectivity index (χ3v) is 9.71. The Labute approximate surface area is 299 Å². The first kappa shape index (κ1) is 30.5. The van der Waals surface area contributed by atoms with Crippen molar-refractivity contribution in [1.29, 1.82) is 5.26 Å². The SMILES string of the molecule is [C-]#[N+]c1cc(C#N)cc(-c2ccc3c(c2)c2ccccc2n3-c2cccc3c2C(=O)N(c2cc(-c4ccccc4)cc(-c4ccccc4)c2)C3=O)c1. The van der Waals surface area contributed by atoms with Crippen molar-refractivity contribution in [2.75, 3.05) is 4.90 Å². The number of nitrogens with zero attached hydrogens (tertiary/aromatic N) is 4. The molecule has 1 aliphatic heterocycles. The Morgan fingerprint density at radius 1 is 0.538 bits per heavy atom. The largest absolute Gasteiger partial charge is 0.308 e. The van der Waals surface area contributed by atoms with E-state index in [4.69, 9.17) is 6.57 Å². The molecule has 0 saturated heterocycles. The van der Waals surface area contributed by atoms with Gasteiger partial charge in [0.2, 0.25) is 0 Å². The second-order valence-electron chi connectivity index (χ2n) is 12.7. The van der Waals surface area contributed by atoms with Gasteiger partial charge in [0.1, 0.15) is 0 Å². The van der Waals surface area contributed by atoms with Crippen molar-refractivity contribution in [2.45, 2.75) is 0 Å². The van der Waals surface area contributed by atoms with Gasteiger partial charge < -0.3 is 4.57 Å². The predicted molar refractivity (Wildman–Crippen MR) is 206 cm³/mol. The fourth-order valence-electron chi connectivity index (χ4n) is 7.34. The Balaban J connectivity index is 1.21. The van der Waals surface area contributed by atoms with Gasteiger partial charge in [-0.1, -0.05) is 91.0 Å². The smallest absolute Gasteiger partial charge is 0.268 e. The summed E-state index contributed by atoms with van der Waals surface area (Å²) in [6.07, 6.45) is 0. The minimum absolute atomic E-state index is 0.342. The number of aromatic nitrogens is 1. The van der Waals surface area contributed by atoms with Crippen LogP contribution in [0.1, 0.15) is 26.3 Å². The average Bonchev–Trinajstić information content (AvgIpc) is 3.68. The summed E-state index contributed by atoms with van der Waals surface area (Å²) in [5.41, 5.74) is 9.75. The number of carbonyl (C=O) groups is 2. The van der Waals surface area contributed by atoms with Crippen LogP contribution in [0.4, 0.5) is 11.4 Å². The molecule has 0 N–H and O–H groups in total. The molecule has 8 aromatic rings. The van der Waals surface area contributed by atoms with Crippen LogP contribution in [0, 0.1) is 17.9 Å². The number of anilines is 1. The Morgan fingerprint density at radius 3 is 1.88 bits per heavy atom. The third-order valence-electron chi connectivity index (χ3n) is 9.71. The summed E-state index contributed by atoms with van der Waals surface area (Å²) in [7, 11) is 0. The van der Waals surface area contributed by atoms with Crippen LogP contribution in [0.25, 0.3) is 65.7 Å². The van der Waals surface area contributed by atoms with E-state index >= 15 is 0 Å². The van der Waals surface area contributed by atoms with E-state index in [-0.39, 0.29) is 11.8 Å². The lowest BCUT2D eigenvalue weighted by Crippen LogP contribution is -2.29. The first-order valence-electron chi connectivity index (χ1n) is 16.8. The molecule has 0 unspecified atom stereocenters. The van der Waals surface area contributed by atoms with E-state index in [1.807, 2.05) is 126 Å². The number of para-hydroxylation sites is 1. The molecule has 1 aliphatic rings. The van der Waals surface area contributed by atoms with Gasteiger partial charge in [-0.3, -0.25) is 9.59 Å². The molecule has 2 amide bonds. The highest BCUT2D eigenvalue weighted by atomic mass is 16.2. The number of fused-ring (bicyclic) bond motifs is 4. The van der Waals surface area contributed by atoms with E-state index in [1.54, 1.807) is 24.3 Å². The number of carbonyl (C=O) groups excluding carboxylic acids is 2. The van der Waals surface area contributed by atoms with Gasteiger partial charge in [0, 0.05) is 16.3 Å². The molecule has 2 heterocycles. The molecule has 0 atom stereocenters. The van der Waals surface area contributed by atoms with E-state index in [0.29, 0.717) is 33.8 Å². The first-order valence-corrected chi connectivity index (χ1v) is 16.8. The van der Waals surface area contributed by atoms with Gasteiger partial charge in [0.25, 0.3) is 11.8 Å². The second-order valence-corrected chi connectivity index (χ2v) is 12.7. The maximum absolute atomic E-state index is 14.7. The molecule has 7 aromatic carbocycles. The van der Waals surface area contributed by atoms with Crippen molar-refractivity contribution in [3.63, 3.8) is 0 Å². The van der Waals surface area contributed by atoms with E-state index in [9.17, 15) is 14.9 Å². The van der Waals surface area contributed by atoms with Crippen LogP contribution in [0.15, 0.2) is 158 Å². The van der Waals surface area contributed by atoms with Crippen molar-refractivity contribution in [3.8, 4) is 45.1 Å². The second kappa shape index (κ2) is 12.1. The van der Waals surface area contributed by atoms with Crippen LogP contribution >= 0.6 is 0 Å². The summed E-state index contributed by atoms with van der Waals surface area (Å²) in [4.78, 5) is 33.9. The molecular formula is C46H26N4O2. The zero-order valence-corrected chi connectivity index (χ0v) is 27.6. The highest BCUT2D eigenvalue weighted by molar-refractivity contribution is 6.36. The summed E-state index contributed by atoms with van der Waals surface area (Å²) >= 11 is 0. The maximum Gasteiger partial charge on any atom is 0.268 e. The number of imide groups is 1. The average molecular weight is 667 g/mol. The van der Waals surface area contributed by atoms with Gasteiger partial charge in [-0.2, -0.15) is 5.26 Å². The maximum atomic E-state index is 14.7. The molecule has 0 aliphatic carbocycles. The van der Waals surface area contributed by atoms with E-state index in [0.717, 1.165) is 55.2 Å². The van der Waals surface area contributed by atoms with Crippen LogP contribution in [0.2, 0.25) is 0 Å². The summed E-state index contributed by atoms with van der Waals surface area (Å²) in [6.45, 7) is 7.53. The topological polar surface area (TPSA) is 70.5 Å². The number of benzene rings is 7. The molecule has 0 bridgehead atoms. The zero-order chi connectivity index (χ0) is 35.3. The Kier molecular flexibility index (Phi) is 7.10. The van der Waals surface area contributed by atoms with Gasteiger partial charge >= 0.3 is 0 Å². The molecule has 9 rings (SSSR count). The number of rotatable bonds is 5. The van der Waals surface area contributed by atoms with Crippen LogP contribution in [-0.4, -0.2) is 16.4 Å². The Morgan fingerprint density at radius 2 is 1.19 bits per heavy atom. The van der Waals surface area contributed by atoms with Crippen molar-refractivity contribution in [3.05, 3.63) is 186 Å². The summed E-state index contributed by atoms with van der Waals surface area (Å²) in [6, 6.07) is 52.6. The van der Waals surface area contributed by atoms with Crippen LogP contribution in [0.5, 0.6) is 0 Å². The number of hydrogen-bond acceptors (Lipinski definition) is 3. The number of amides is 2. The number of hydrogen-bond donors (Lipinski definition) is 0. The highest BCUT2D eigenvalue weighted by Crippen LogP contribution is 2.41. The van der Waals surface area contributed by atoms with Crippen LogP contribution in [-0.2, 0) is 0 Å². The lowest BCUT2D eigenvalue weighted by Gasteiger charge is -2.18. The minimum Gasteiger partial charge on any atom is -0.308 e. The lowest BCUT2D eigenvalue weighted by atomic mass is 9.97. The summed E-state index contributed by atoms with van der Waals surface area (Å²) in [5.74, 6) is -0.760.